The molecule has 1 aliphatic heterocycles. The average molecular weight is 438 g/mol. The van der Waals surface area contributed by atoms with Crippen LogP contribution in [0.25, 0.3) is 5.65 Å². The highest BCUT2D eigenvalue weighted by Crippen LogP contribution is 2.26. The number of piperidine rings is 1. The van der Waals surface area contributed by atoms with Crippen molar-refractivity contribution in [3.63, 3.8) is 0 Å². The summed E-state index contributed by atoms with van der Waals surface area (Å²) in [6.45, 7) is 1.86. The van der Waals surface area contributed by atoms with Gasteiger partial charge in [-0.2, -0.15) is 9.50 Å². The Morgan fingerprint density at radius 3 is 2.41 bits per heavy atom. The van der Waals surface area contributed by atoms with E-state index in [4.69, 9.17) is 10.7 Å². The normalized spacial score (nSPS) is 15.2. The zero-order valence-electron chi connectivity index (χ0n) is 19.1. The lowest BCUT2D eigenvalue weighted by Gasteiger charge is -2.27. The van der Waals surface area contributed by atoms with Crippen LogP contribution in [0.15, 0.2) is 30.5 Å². The number of aromatic nitrogens is 4. The molecule has 1 amide bonds. The molecule has 170 valence electrons. The van der Waals surface area contributed by atoms with Gasteiger partial charge in [-0.25, -0.2) is 4.98 Å². The van der Waals surface area contributed by atoms with Crippen molar-refractivity contribution in [3.05, 3.63) is 36.0 Å². The van der Waals surface area contributed by atoms with Crippen LogP contribution in [0.1, 0.15) is 30.9 Å². The molecular weight excluding hydrogens is 406 g/mol. The Balaban J connectivity index is 1.63. The van der Waals surface area contributed by atoms with E-state index in [-0.39, 0.29) is 11.9 Å². The van der Waals surface area contributed by atoms with Crippen LogP contribution in [0.4, 0.5) is 23.3 Å². The molecule has 1 atom stereocenters. The number of rotatable bonds is 6. The lowest BCUT2D eigenvalue weighted by Crippen LogP contribution is -2.36. The number of nitrogens with two attached hydrogens (primary N) is 1. The summed E-state index contributed by atoms with van der Waals surface area (Å²) in [6, 6.07) is 7.46. The van der Waals surface area contributed by atoms with E-state index in [9.17, 15) is 4.79 Å². The molecule has 3 aromatic rings. The van der Waals surface area contributed by atoms with Gasteiger partial charge in [0.1, 0.15) is 11.9 Å². The molecule has 1 aromatic carbocycles. The molecule has 0 bridgehead atoms. The van der Waals surface area contributed by atoms with Gasteiger partial charge in [0.2, 0.25) is 11.9 Å². The summed E-state index contributed by atoms with van der Waals surface area (Å²) in [5, 5.41) is 7.97. The maximum atomic E-state index is 12.6. The number of fused-ring (bicyclic) bond motifs is 1. The van der Waals surface area contributed by atoms with Crippen molar-refractivity contribution in [2.24, 2.45) is 0 Å². The molecule has 2 aromatic heterocycles. The van der Waals surface area contributed by atoms with Gasteiger partial charge >= 0.3 is 0 Å². The molecule has 0 aliphatic carbocycles. The minimum absolute atomic E-state index is 0.0345. The molecular formula is C22H31N9O. The number of hydrogen-bond acceptors (Lipinski definition) is 8. The van der Waals surface area contributed by atoms with Crippen molar-refractivity contribution in [2.45, 2.75) is 25.3 Å². The van der Waals surface area contributed by atoms with Crippen LogP contribution in [-0.2, 0) is 4.79 Å². The van der Waals surface area contributed by atoms with Gasteiger partial charge in [-0.3, -0.25) is 9.69 Å². The van der Waals surface area contributed by atoms with Crippen molar-refractivity contribution < 1.29 is 4.79 Å². The van der Waals surface area contributed by atoms with E-state index in [0.717, 1.165) is 37.2 Å². The number of nitrogens with one attached hydrogen (secondary N) is 1. The van der Waals surface area contributed by atoms with Crippen molar-refractivity contribution in [3.8, 4) is 0 Å². The second kappa shape index (κ2) is 8.99. The van der Waals surface area contributed by atoms with Crippen LogP contribution in [-0.4, -0.2) is 76.6 Å². The molecule has 32 heavy (non-hydrogen) atoms. The largest absolute Gasteiger partial charge is 0.382 e. The highest BCUT2D eigenvalue weighted by Gasteiger charge is 2.24. The molecule has 4 rings (SSSR count). The van der Waals surface area contributed by atoms with Crippen molar-refractivity contribution in [2.75, 3.05) is 57.2 Å². The summed E-state index contributed by atoms with van der Waals surface area (Å²) < 4.78 is 1.63. The van der Waals surface area contributed by atoms with Crippen molar-refractivity contribution >= 4 is 34.8 Å². The first-order valence-corrected chi connectivity index (χ1v) is 10.9. The second-order valence-corrected chi connectivity index (χ2v) is 8.57. The number of imidazole rings is 1. The quantitative estimate of drug-likeness (QED) is 0.604. The number of hydrogen-bond donors (Lipinski definition) is 2. The average Bonchev–Trinajstić information content (AvgIpc) is 3.16. The Morgan fingerprint density at radius 1 is 1.09 bits per heavy atom. The highest BCUT2D eigenvalue weighted by atomic mass is 16.2. The molecule has 3 heterocycles. The molecule has 0 radical (unpaired) electrons. The molecule has 10 nitrogen and oxygen atoms in total. The predicted octanol–water partition coefficient (Wildman–Crippen LogP) is 2.13. The number of anilines is 4. The minimum Gasteiger partial charge on any atom is -0.382 e. The number of benzene rings is 1. The zero-order valence-corrected chi connectivity index (χ0v) is 19.1. The standard InChI is InChI=1S/C22H31N9O/c1-28(2)18(21(32)29(3)4)15-8-10-16(11-9-15)25-19-20-24-14-17(23)31(20)27-22(26-19)30-12-6-5-7-13-30/h8-11,14,18H,5-7,12-13,23H2,1-4H3,(H,25,26,27). The molecule has 1 aliphatic rings. The maximum absolute atomic E-state index is 12.6. The Labute approximate surface area is 188 Å². The first-order valence-electron chi connectivity index (χ1n) is 10.9. The van der Waals surface area contributed by atoms with E-state index in [2.05, 4.69) is 20.3 Å². The van der Waals surface area contributed by atoms with Gasteiger partial charge < -0.3 is 20.9 Å². The van der Waals surface area contributed by atoms with Crippen molar-refractivity contribution in [1.29, 1.82) is 0 Å². The Bertz CT molecular complexity index is 1080. The summed E-state index contributed by atoms with van der Waals surface area (Å²) in [4.78, 5) is 27.5. The van der Waals surface area contributed by atoms with Crippen LogP contribution < -0.4 is 16.0 Å². The number of nitrogens with zero attached hydrogens (tertiary/aromatic N) is 7. The lowest BCUT2D eigenvalue weighted by atomic mass is 10.0. The van der Waals surface area contributed by atoms with Crippen LogP contribution in [0.2, 0.25) is 0 Å². The van der Waals surface area contributed by atoms with Gasteiger partial charge in [-0.15, -0.1) is 5.10 Å². The van der Waals surface area contributed by atoms with Crippen LogP contribution in [0, 0.1) is 0 Å². The predicted molar refractivity (Wildman–Crippen MR) is 126 cm³/mol. The fourth-order valence-corrected chi connectivity index (χ4v) is 3.99. The van der Waals surface area contributed by atoms with Gasteiger partial charge in [0, 0.05) is 32.9 Å². The lowest BCUT2D eigenvalue weighted by molar-refractivity contribution is -0.133. The monoisotopic (exact) mass is 437 g/mol. The Hall–Kier alpha value is -3.40. The first kappa shape index (κ1) is 21.8. The summed E-state index contributed by atoms with van der Waals surface area (Å²) in [5.74, 6) is 1.74. The van der Waals surface area contributed by atoms with Crippen LogP contribution in [0.3, 0.4) is 0 Å². The molecule has 0 saturated carbocycles. The Kier molecular flexibility index (Phi) is 6.13. The van der Waals surface area contributed by atoms with E-state index >= 15 is 0 Å². The summed E-state index contributed by atoms with van der Waals surface area (Å²) >= 11 is 0. The zero-order chi connectivity index (χ0) is 22.8. The summed E-state index contributed by atoms with van der Waals surface area (Å²) in [5.41, 5.74) is 8.43. The first-order chi connectivity index (χ1) is 15.3. The molecule has 3 N–H and O–H groups in total. The smallest absolute Gasteiger partial charge is 0.245 e. The van der Waals surface area contributed by atoms with E-state index < -0.39 is 0 Å². The van der Waals surface area contributed by atoms with Crippen molar-refractivity contribution in [1.82, 2.24) is 29.4 Å². The number of nitrogen functional groups attached to an aromatic ring is 1. The SMILES string of the molecule is CN(C)C(=O)C(c1ccc(Nc2nc(N3CCCCC3)nn3c(N)cnc23)cc1)N(C)C. The maximum Gasteiger partial charge on any atom is 0.245 e. The molecule has 1 fully saturated rings. The number of amides is 1. The van der Waals surface area contributed by atoms with E-state index in [0.29, 0.717) is 23.2 Å². The third-order valence-corrected chi connectivity index (χ3v) is 5.70. The number of carbonyl (C=O) groups excluding carboxylic acids is 1. The minimum atomic E-state index is -0.345. The van der Waals surface area contributed by atoms with E-state index in [1.807, 2.05) is 43.3 Å². The second-order valence-electron chi connectivity index (χ2n) is 8.57. The van der Waals surface area contributed by atoms with Crippen LogP contribution in [0.5, 0.6) is 0 Å². The van der Waals surface area contributed by atoms with E-state index in [1.54, 1.807) is 29.7 Å². The molecule has 10 heteroatoms. The third-order valence-electron chi connectivity index (χ3n) is 5.70. The van der Waals surface area contributed by atoms with E-state index in [1.165, 1.54) is 6.42 Å². The van der Waals surface area contributed by atoms with Crippen LogP contribution >= 0.6 is 0 Å². The van der Waals surface area contributed by atoms with Gasteiger partial charge in [-0.05, 0) is 51.1 Å². The number of carbonyl (C=O) groups is 1. The summed E-state index contributed by atoms with van der Waals surface area (Å²) in [7, 11) is 7.35. The Morgan fingerprint density at radius 2 is 1.78 bits per heavy atom. The number of likely N-dealkylation sites (N-methyl/N-ethyl adjacent to an activating group) is 2. The van der Waals surface area contributed by atoms with Gasteiger partial charge in [0.05, 0.1) is 6.20 Å². The fraction of sp³-hybridized carbons (Fsp3) is 0.455. The van der Waals surface area contributed by atoms with Gasteiger partial charge in [0.25, 0.3) is 0 Å². The third kappa shape index (κ3) is 4.31. The fourth-order valence-electron chi connectivity index (χ4n) is 3.99. The van der Waals surface area contributed by atoms with Gasteiger partial charge in [-0.1, -0.05) is 12.1 Å². The molecule has 1 saturated heterocycles. The van der Waals surface area contributed by atoms with Gasteiger partial charge in [0.15, 0.2) is 11.5 Å². The topological polar surface area (TPSA) is 108 Å². The highest BCUT2D eigenvalue weighted by molar-refractivity contribution is 5.83. The summed E-state index contributed by atoms with van der Waals surface area (Å²) in [6.07, 6.45) is 5.08. The molecule has 0 spiro atoms. The molecule has 1 unspecified atom stereocenters.